The first-order valence-corrected chi connectivity index (χ1v) is 14.1. The molecule has 1 aliphatic heterocycles. The summed E-state index contributed by atoms with van der Waals surface area (Å²) < 4.78 is 0. The lowest BCUT2D eigenvalue weighted by Crippen LogP contribution is -2.47. The lowest BCUT2D eigenvalue weighted by atomic mass is 9.69. The van der Waals surface area contributed by atoms with E-state index in [1.165, 1.54) is 23.1 Å². The van der Waals surface area contributed by atoms with Gasteiger partial charge in [-0.3, -0.25) is 9.59 Å². The first-order valence-electron chi connectivity index (χ1n) is 14.1. The van der Waals surface area contributed by atoms with Gasteiger partial charge >= 0.3 is 0 Å². The minimum atomic E-state index is -0.346. The minimum Gasteiger partial charge on any atom is -0.343 e. The Balaban J connectivity index is 1.27. The van der Waals surface area contributed by atoms with Crippen molar-refractivity contribution in [2.24, 2.45) is 5.41 Å². The second kappa shape index (κ2) is 13.9. The highest BCUT2D eigenvalue weighted by atomic mass is 16.2. The van der Waals surface area contributed by atoms with Crippen LogP contribution in [0.25, 0.3) is 0 Å². The number of benzene rings is 3. The van der Waals surface area contributed by atoms with Crippen molar-refractivity contribution in [1.82, 2.24) is 4.90 Å². The second-order valence-electron chi connectivity index (χ2n) is 10.6. The van der Waals surface area contributed by atoms with Gasteiger partial charge in [-0.2, -0.15) is 0 Å². The van der Waals surface area contributed by atoms with Crippen molar-refractivity contribution < 1.29 is 9.59 Å². The summed E-state index contributed by atoms with van der Waals surface area (Å²) in [4.78, 5) is 28.6. The molecule has 194 valence electrons. The smallest absolute Gasteiger partial charge is 0.222 e. The van der Waals surface area contributed by atoms with Gasteiger partial charge in [0.05, 0.1) is 0 Å². The third-order valence-corrected chi connectivity index (χ3v) is 7.98. The van der Waals surface area contributed by atoms with Crippen molar-refractivity contribution in [1.29, 1.82) is 0 Å². The van der Waals surface area contributed by atoms with Crippen LogP contribution >= 0.6 is 0 Å². The molecule has 1 saturated heterocycles. The van der Waals surface area contributed by atoms with Gasteiger partial charge in [-0.15, -0.1) is 0 Å². The maximum Gasteiger partial charge on any atom is 0.222 e. The Morgan fingerprint density at radius 1 is 0.595 bits per heavy atom. The zero-order valence-electron chi connectivity index (χ0n) is 22.1. The standard InChI is InChI=1S/C34H41NO2/c36-32(21-13-2-1-6-14-29-15-7-3-8-16-29)34(28-31-19-11-5-12-20-31)24-26-35(27-25-34)33(37)23-22-30-17-9-4-10-18-30/h3-5,7-12,15-20H,1-2,6,13-14,21-28H2. The van der Waals surface area contributed by atoms with E-state index in [9.17, 15) is 9.59 Å². The number of rotatable bonds is 13. The lowest BCUT2D eigenvalue weighted by Gasteiger charge is -2.41. The molecular formula is C34H41NO2. The summed E-state index contributed by atoms with van der Waals surface area (Å²) in [6, 6.07) is 31.3. The highest BCUT2D eigenvalue weighted by Crippen LogP contribution is 2.38. The average Bonchev–Trinajstić information content (AvgIpc) is 2.95. The normalized spacial score (nSPS) is 14.9. The van der Waals surface area contributed by atoms with Crippen LogP contribution in [0.4, 0.5) is 0 Å². The monoisotopic (exact) mass is 495 g/mol. The Morgan fingerprint density at radius 3 is 1.70 bits per heavy atom. The van der Waals surface area contributed by atoms with Crippen molar-refractivity contribution in [3.63, 3.8) is 0 Å². The molecule has 0 atom stereocenters. The molecular weight excluding hydrogens is 454 g/mol. The number of likely N-dealkylation sites (tertiary alicyclic amines) is 1. The molecule has 0 bridgehead atoms. The molecule has 3 heteroatoms. The van der Waals surface area contributed by atoms with E-state index in [0.717, 1.165) is 51.4 Å². The third kappa shape index (κ3) is 8.15. The predicted octanol–water partition coefficient (Wildman–Crippen LogP) is 7.23. The van der Waals surface area contributed by atoms with Gasteiger partial charge in [0.1, 0.15) is 5.78 Å². The number of nitrogens with zero attached hydrogens (tertiary/aromatic N) is 1. The molecule has 3 aromatic rings. The van der Waals surface area contributed by atoms with E-state index in [2.05, 4.69) is 66.7 Å². The van der Waals surface area contributed by atoms with Crippen LogP contribution in [0, 0.1) is 5.41 Å². The summed E-state index contributed by atoms with van der Waals surface area (Å²) in [5, 5.41) is 0. The first kappa shape index (κ1) is 26.9. The summed E-state index contributed by atoms with van der Waals surface area (Å²) in [5.41, 5.74) is 3.47. The van der Waals surface area contributed by atoms with Crippen LogP contribution in [0.15, 0.2) is 91.0 Å². The molecule has 0 saturated carbocycles. The summed E-state index contributed by atoms with van der Waals surface area (Å²) in [5.74, 6) is 0.610. The highest BCUT2D eigenvalue weighted by molar-refractivity contribution is 5.86. The Hall–Kier alpha value is -3.20. The molecule has 4 rings (SSSR count). The van der Waals surface area contributed by atoms with E-state index in [-0.39, 0.29) is 11.3 Å². The van der Waals surface area contributed by atoms with E-state index in [1.807, 2.05) is 29.2 Å². The molecule has 0 aliphatic carbocycles. The fourth-order valence-corrected chi connectivity index (χ4v) is 5.66. The number of ketones is 1. The van der Waals surface area contributed by atoms with Crippen LogP contribution in [0.1, 0.15) is 68.1 Å². The molecule has 1 aliphatic rings. The summed E-state index contributed by atoms with van der Waals surface area (Å²) in [6.45, 7) is 1.37. The number of amides is 1. The van der Waals surface area contributed by atoms with Gasteiger partial charge in [-0.1, -0.05) is 104 Å². The van der Waals surface area contributed by atoms with Gasteiger partial charge in [0, 0.05) is 31.3 Å². The third-order valence-electron chi connectivity index (χ3n) is 7.98. The molecule has 0 radical (unpaired) electrons. The molecule has 37 heavy (non-hydrogen) atoms. The Kier molecular flexibility index (Phi) is 10.1. The quantitative estimate of drug-likeness (QED) is 0.235. The number of piperidine rings is 1. The summed E-state index contributed by atoms with van der Waals surface area (Å²) in [7, 11) is 0. The van der Waals surface area contributed by atoms with Gasteiger partial charge in [0.15, 0.2) is 0 Å². The molecule has 1 amide bonds. The van der Waals surface area contributed by atoms with Crippen molar-refractivity contribution in [2.45, 2.75) is 70.6 Å². The Morgan fingerprint density at radius 2 is 1.11 bits per heavy atom. The predicted molar refractivity (Wildman–Crippen MR) is 151 cm³/mol. The topological polar surface area (TPSA) is 37.4 Å². The Bertz CT molecular complexity index is 1090. The summed E-state index contributed by atoms with van der Waals surface area (Å²) in [6.07, 6.45) is 9.80. The largest absolute Gasteiger partial charge is 0.343 e. The fourth-order valence-electron chi connectivity index (χ4n) is 5.66. The number of aryl methyl sites for hydroxylation is 2. The minimum absolute atomic E-state index is 0.211. The zero-order chi connectivity index (χ0) is 25.8. The average molecular weight is 496 g/mol. The van der Waals surface area contributed by atoms with Gasteiger partial charge in [0.25, 0.3) is 0 Å². The van der Waals surface area contributed by atoms with Crippen LogP contribution in [0.2, 0.25) is 0 Å². The molecule has 0 N–H and O–H groups in total. The van der Waals surface area contributed by atoms with E-state index in [1.54, 1.807) is 0 Å². The lowest BCUT2D eigenvalue weighted by molar-refractivity contribution is -0.139. The number of hydrogen-bond acceptors (Lipinski definition) is 2. The summed E-state index contributed by atoms with van der Waals surface area (Å²) >= 11 is 0. The van der Waals surface area contributed by atoms with Crippen molar-refractivity contribution >= 4 is 11.7 Å². The van der Waals surface area contributed by atoms with Crippen LogP contribution in [-0.4, -0.2) is 29.7 Å². The number of hydrogen-bond donors (Lipinski definition) is 0. The number of unbranched alkanes of at least 4 members (excludes halogenated alkanes) is 3. The molecule has 1 fully saturated rings. The maximum atomic E-state index is 13.7. The molecule has 3 aromatic carbocycles. The van der Waals surface area contributed by atoms with Gasteiger partial charge < -0.3 is 4.90 Å². The fraction of sp³-hybridized carbons (Fsp3) is 0.412. The Labute approximate surface area is 222 Å². The highest BCUT2D eigenvalue weighted by Gasteiger charge is 2.41. The van der Waals surface area contributed by atoms with Gasteiger partial charge in [-0.05, 0) is 61.6 Å². The number of Topliss-reactive ketones (excluding diaryl/α,β-unsaturated/α-hetero) is 1. The van der Waals surface area contributed by atoms with E-state index >= 15 is 0 Å². The van der Waals surface area contributed by atoms with Gasteiger partial charge in [0.2, 0.25) is 5.91 Å². The maximum absolute atomic E-state index is 13.7. The van der Waals surface area contributed by atoms with Crippen LogP contribution in [0.5, 0.6) is 0 Å². The first-order chi connectivity index (χ1) is 18.1. The molecule has 0 spiro atoms. The van der Waals surface area contributed by atoms with Crippen LogP contribution < -0.4 is 0 Å². The van der Waals surface area contributed by atoms with E-state index < -0.39 is 0 Å². The SMILES string of the molecule is O=C(CCc1ccccc1)N1CCC(Cc2ccccc2)(C(=O)CCCCCCc2ccccc2)CC1. The molecule has 0 aromatic heterocycles. The molecule has 1 heterocycles. The van der Waals surface area contributed by atoms with Crippen molar-refractivity contribution in [2.75, 3.05) is 13.1 Å². The van der Waals surface area contributed by atoms with Crippen LogP contribution in [0.3, 0.4) is 0 Å². The van der Waals surface area contributed by atoms with E-state index in [4.69, 9.17) is 0 Å². The zero-order valence-corrected chi connectivity index (χ0v) is 22.1. The van der Waals surface area contributed by atoms with Gasteiger partial charge in [-0.25, -0.2) is 0 Å². The number of carbonyl (C=O) groups is 2. The van der Waals surface area contributed by atoms with E-state index in [0.29, 0.717) is 31.7 Å². The molecule has 3 nitrogen and oxygen atoms in total. The van der Waals surface area contributed by atoms with Crippen molar-refractivity contribution in [3.05, 3.63) is 108 Å². The number of carbonyl (C=O) groups excluding carboxylic acids is 2. The van der Waals surface area contributed by atoms with Crippen LogP contribution in [-0.2, 0) is 28.9 Å². The van der Waals surface area contributed by atoms with Crippen molar-refractivity contribution in [3.8, 4) is 0 Å². The molecule has 0 unspecified atom stereocenters. The second-order valence-corrected chi connectivity index (χ2v) is 10.6.